The molecule has 110 valence electrons. The lowest BCUT2D eigenvalue weighted by Crippen LogP contribution is -2.43. The zero-order valence-corrected chi connectivity index (χ0v) is 12.4. The average molecular weight is 307 g/mol. The number of halogens is 1. The van der Waals surface area contributed by atoms with E-state index in [-0.39, 0.29) is 18.5 Å². The molecular formula is C15H15ClN2O3. The normalized spacial score (nSPS) is 17.1. The fourth-order valence-electron chi connectivity index (χ4n) is 2.67. The smallest absolute Gasteiger partial charge is 0.299 e. The molecule has 21 heavy (non-hydrogen) atoms. The maximum absolute atomic E-state index is 12.3. The Hall–Kier alpha value is -1.88. The lowest BCUT2D eigenvalue weighted by atomic mass is 10.1. The number of anilines is 1. The second kappa shape index (κ2) is 5.15. The Bertz CT molecular complexity index is 640. The summed E-state index contributed by atoms with van der Waals surface area (Å²) in [5, 5.41) is 0.434. The maximum atomic E-state index is 12.3. The van der Waals surface area contributed by atoms with Crippen LogP contribution >= 0.6 is 11.6 Å². The molecule has 0 spiro atoms. The van der Waals surface area contributed by atoms with Gasteiger partial charge in [0.1, 0.15) is 6.54 Å². The van der Waals surface area contributed by atoms with Gasteiger partial charge in [0.2, 0.25) is 5.91 Å². The van der Waals surface area contributed by atoms with Crippen LogP contribution in [0.25, 0.3) is 0 Å². The van der Waals surface area contributed by atoms with Crippen LogP contribution in [-0.4, -0.2) is 41.6 Å². The summed E-state index contributed by atoms with van der Waals surface area (Å²) in [7, 11) is 0. The quantitative estimate of drug-likeness (QED) is 0.798. The number of Topliss-reactive ketones (excluding diaryl/α,β-unsaturated/α-hetero) is 1. The van der Waals surface area contributed by atoms with Crippen molar-refractivity contribution >= 4 is 34.9 Å². The number of ketones is 1. The number of rotatable bonds is 4. The minimum absolute atomic E-state index is 0.109. The van der Waals surface area contributed by atoms with E-state index >= 15 is 0 Å². The molecule has 0 aromatic heterocycles. The van der Waals surface area contributed by atoms with Gasteiger partial charge in [-0.05, 0) is 38.0 Å². The van der Waals surface area contributed by atoms with E-state index in [9.17, 15) is 14.4 Å². The largest absolute Gasteiger partial charge is 0.338 e. The van der Waals surface area contributed by atoms with Crippen LogP contribution in [-0.2, 0) is 9.59 Å². The standard InChI is InChI=1S/C15H15ClN2O3/c1-2-17(10-4-5-10)13(19)8-18-12-7-9(16)3-6-11(12)14(20)15(18)21/h3,6-7,10H,2,4-5,8H2,1H3. The van der Waals surface area contributed by atoms with Gasteiger partial charge in [-0.15, -0.1) is 0 Å². The van der Waals surface area contributed by atoms with E-state index in [0.717, 1.165) is 12.8 Å². The highest BCUT2D eigenvalue weighted by atomic mass is 35.5. The Kier molecular flexibility index (Phi) is 3.45. The monoisotopic (exact) mass is 306 g/mol. The molecule has 0 atom stereocenters. The molecule has 1 aromatic carbocycles. The number of likely N-dealkylation sites (N-methyl/N-ethyl adjacent to an activating group) is 1. The van der Waals surface area contributed by atoms with Gasteiger partial charge >= 0.3 is 0 Å². The van der Waals surface area contributed by atoms with Crippen LogP contribution in [0.15, 0.2) is 18.2 Å². The zero-order valence-electron chi connectivity index (χ0n) is 11.6. The van der Waals surface area contributed by atoms with Gasteiger partial charge in [0, 0.05) is 17.6 Å². The van der Waals surface area contributed by atoms with Crippen molar-refractivity contribution in [2.45, 2.75) is 25.8 Å². The van der Waals surface area contributed by atoms with Gasteiger partial charge in [-0.1, -0.05) is 11.6 Å². The summed E-state index contributed by atoms with van der Waals surface area (Å²) in [5.41, 5.74) is 0.740. The van der Waals surface area contributed by atoms with Crippen LogP contribution in [0.1, 0.15) is 30.1 Å². The second-order valence-electron chi connectivity index (χ2n) is 5.29. The van der Waals surface area contributed by atoms with Crippen LogP contribution in [0.3, 0.4) is 0 Å². The van der Waals surface area contributed by atoms with Crippen molar-refractivity contribution in [3.63, 3.8) is 0 Å². The fraction of sp³-hybridized carbons (Fsp3) is 0.400. The van der Waals surface area contributed by atoms with Crippen molar-refractivity contribution in [2.75, 3.05) is 18.0 Å². The molecule has 0 N–H and O–H groups in total. The summed E-state index contributed by atoms with van der Waals surface area (Å²) in [6.07, 6.45) is 2.02. The first-order valence-corrected chi connectivity index (χ1v) is 7.36. The van der Waals surface area contributed by atoms with E-state index < -0.39 is 11.7 Å². The predicted octanol–water partition coefficient (Wildman–Crippen LogP) is 1.88. The van der Waals surface area contributed by atoms with Gasteiger partial charge in [0.15, 0.2) is 0 Å². The molecule has 1 aromatic rings. The zero-order chi connectivity index (χ0) is 15.1. The highest BCUT2D eigenvalue weighted by molar-refractivity contribution is 6.53. The van der Waals surface area contributed by atoms with Crippen LogP contribution in [0.5, 0.6) is 0 Å². The van der Waals surface area contributed by atoms with E-state index in [1.807, 2.05) is 6.92 Å². The molecule has 0 unspecified atom stereocenters. The van der Waals surface area contributed by atoms with Crippen molar-refractivity contribution < 1.29 is 14.4 Å². The third-order valence-corrected chi connectivity index (χ3v) is 4.11. The number of hydrogen-bond acceptors (Lipinski definition) is 3. The van der Waals surface area contributed by atoms with E-state index in [2.05, 4.69) is 0 Å². The molecule has 5 nitrogen and oxygen atoms in total. The summed E-state index contributed by atoms with van der Waals surface area (Å²) >= 11 is 5.93. The molecule has 1 aliphatic carbocycles. The minimum Gasteiger partial charge on any atom is -0.338 e. The fourth-order valence-corrected chi connectivity index (χ4v) is 2.84. The Morgan fingerprint density at radius 2 is 2.10 bits per heavy atom. The third-order valence-electron chi connectivity index (χ3n) is 3.88. The van der Waals surface area contributed by atoms with Crippen LogP contribution in [0.2, 0.25) is 5.02 Å². The molecule has 1 heterocycles. The van der Waals surface area contributed by atoms with Gasteiger partial charge in [-0.25, -0.2) is 0 Å². The van der Waals surface area contributed by atoms with Gasteiger partial charge in [0.05, 0.1) is 11.3 Å². The molecule has 6 heteroatoms. The number of carbonyl (C=O) groups excluding carboxylic acids is 3. The van der Waals surface area contributed by atoms with Gasteiger partial charge < -0.3 is 4.90 Å². The molecule has 2 aliphatic rings. The molecule has 0 bridgehead atoms. The molecule has 3 rings (SSSR count). The SMILES string of the molecule is CCN(C(=O)CN1C(=O)C(=O)c2ccc(Cl)cc21)C1CC1. The summed E-state index contributed by atoms with van der Waals surface area (Å²) < 4.78 is 0. The summed E-state index contributed by atoms with van der Waals surface area (Å²) in [4.78, 5) is 39.3. The molecule has 0 radical (unpaired) electrons. The average Bonchev–Trinajstić information content (AvgIpc) is 3.25. The van der Waals surface area contributed by atoms with Crippen molar-refractivity contribution in [1.29, 1.82) is 0 Å². The molecule has 1 fully saturated rings. The van der Waals surface area contributed by atoms with Gasteiger partial charge in [-0.2, -0.15) is 0 Å². The highest BCUT2D eigenvalue weighted by Crippen LogP contribution is 2.32. The lowest BCUT2D eigenvalue weighted by molar-refractivity contribution is -0.131. The summed E-state index contributed by atoms with van der Waals surface area (Å²) in [6, 6.07) is 4.94. The van der Waals surface area contributed by atoms with E-state index in [1.54, 1.807) is 17.0 Å². The van der Waals surface area contributed by atoms with Crippen molar-refractivity contribution in [1.82, 2.24) is 4.90 Å². The molecule has 1 aliphatic heterocycles. The molecule has 0 saturated heterocycles. The predicted molar refractivity (Wildman–Crippen MR) is 78.5 cm³/mol. The van der Waals surface area contributed by atoms with Crippen molar-refractivity contribution in [2.24, 2.45) is 0 Å². The maximum Gasteiger partial charge on any atom is 0.299 e. The lowest BCUT2D eigenvalue weighted by Gasteiger charge is -2.24. The first-order valence-electron chi connectivity index (χ1n) is 6.98. The van der Waals surface area contributed by atoms with Crippen LogP contribution in [0, 0.1) is 0 Å². The number of benzene rings is 1. The highest BCUT2D eigenvalue weighted by Gasteiger charge is 2.39. The van der Waals surface area contributed by atoms with Crippen molar-refractivity contribution in [3.8, 4) is 0 Å². The number of amides is 2. The Morgan fingerprint density at radius 1 is 1.38 bits per heavy atom. The van der Waals surface area contributed by atoms with Crippen LogP contribution in [0.4, 0.5) is 5.69 Å². The number of hydrogen-bond donors (Lipinski definition) is 0. The Balaban J connectivity index is 1.86. The number of nitrogens with zero attached hydrogens (tertiary/aromatic N) is 2. The van der Waals surface area contributed by atoms with Gasteiger partial charge in [-0.3, -0.25) is 19.3 Å². The van der Waals surface area contributed by atoms with E-state index in [1.165, 1.54) is 11.0 Å². The van der Waals surface area contributed by atoms with Gasteiger partial charge in [0.25, 0.3) is 11.7 Å². The molecule has 2 amide bonds. The first-order chi connectivity index (χ1) is 10.0. The number of fused-ring (bicyclic) bond motifs is 1. The second-order valence-corrected chi connectivity index (χ2v) is 5.73. The van der Waals surface area contributed by atoms with E-state index in [4.69, 9.17) is 11.6 Å². The number of carbonyl (C=O) groups is 3. The van der Waals surface area contributed by atoms with E-state index in [0.29, 0.717) is 22.8 Å². The first kappa shape index (κ1) is 14.1. The van der Waals surface area contributed by atoms with Crippen molar-refractivity contribution in [3.05, 3.63) is 28.8 Å². The third kappa shape index (κ3) is 2.42. The molecular weight excluding hydrogens is 292 g/mol. The molecule has 1 saturated carbocycles. The van der Waals surface area contributed by atoms with Crippen LogP contribution < -0.4 is 4.90 Å². The Morgan fingerprint density at radius 3 is 2.71 bits per heavy atom. The Labute approximate surface area is 127 Å². The summed E-state index contributed by atoms with van der Waals surface area (Å²) in [5.74, 6) is -1.37. The minimum atomic E-state index is -0.660. The summed E-state index contributed by atoms with van der Waals surface area (Å²) in [6.45, 7) is 2.42. The topological polar surface area (TPSA) is 57.7 Å².